The molecule has 1 saturated heterocycles. The van der Waals surface area contributed by atoms with E-state index in [2.05, 4.69) is 15.5 Å². The van der Waals surface area contributed by atoms with Gasteiger partial charge in [-0.15, -0.1) is 10.2 Å². The first-order valence-corrected chi connectivity index (χ1v) is 11.1. The molecule has 1 atom stereocenters. The average molecular weight is 487 g/mol. The van der Waals surface area contributed by atoms with Gasteiger partial charge in [0.05, 0.1) is 40.9 Å². The van der Waals surface area contributed by atoms with Crippen molar-refractivity contribution < 1.29 is 27.1 Å². The number of amides is 1. The minimum atomic E-state index is -4.54. The highest BCUT2D eigenvalue weighted by Gasteiger charge is 2.31. The number of furan rings is 1. The largest absolute Gasteiger partial charge is 0.461 e. The van der Waals surface area contributed by atoms with E-state index >= 15 is 0 Å². The number of ether oxygens (including phenoxy) is 1. The molecule has 4 rings (SSSR count). The molecule has 1 amide bonds. The third kappa shape index (κ3) is 5.28. The number of hydrogen-bond acceptors (Lipinski definition) is 6. The van der Waals surface area contributed by atoms with Crippen LogP contribution in [0.2, 0.25) is 5.02 Å². The molecule has 0 bridgehead atoms. The van der Waals surface area contributed by atoms with Gasteiger partial charge in [-0.2, -0.15) is 13.2 Å². The SMILES string of the molecule is O=C(CSc1nnc(-c2ccco2)n1CC1CCCO1)Nc1cc(C(F)(F)F)ccc1Cl. The number of anilines is 1. The number of alkyl halides is 3. The van der Waals surface area contributed by atoms with Crippen LogP contribution in [0.25, 0.3) is 11.6 Å². The van der Waals surface area contributed by atoms with Crippen LogP contribution in [0.1, 0.15) is 18.4 Å². The molecule has 170 valence electrons. The number of nitrogens with zero attached hydrogens (tertiary/aromatic N) is 3. The molecule has 1 aliphatic heterocycles. The lowest BCUT2D eigenvalue weighted by Gasteiger charge is -2.14. The lowest BCUT2D eigenvalue weighted by atomic mass is 10.2. The molecule has 1 fully saturated rings. The second kappa shape index (κ2) is 9.55. The van der Waals surface area contributed by atoms with Crippen LogP contribution in [-0.2, 0) is 22.3 Å². The summed E-state index contributed by atoms with van der Waals surface area (Å²) in [6, 6.07) is 6.25. The fourth-order valence-corrected chi connectivity index (χ4v) is 4.17. The highest BCUT2D eigenvalue weighted by molar-refractivity contribution is 7.99. The van der Waals surface area contributed by atoms with Gasteiger partial charge in [-0.1, -0.05) is 23.4 Å². The Kier molecular flexibility index (Phi) is 6.77. The summed E-state index contributed by atoms with van der Waals surface area (Å²) in [7, 11) is 0. The van der Waals surface area contributed by atoms with Gasteiger partial charge in [0, 0.05) is 6.61 Å². The van der Waals surface area contributed by atoms with Gasteiger partial charge in [0.25, 0.3) is 0 Å². The zero-order valence-electron chi connectivity index (χ0n) is 16.6. The molecule has 1 unspecified atom stereocenters. The summed E-state index contributed by atoms with van der Waals surface area (Å²) >= 11 is 7.05. The molecule has 0 aliphatic carbocycles. The zero-order chi connectivity index (χ0) is 22.7. The Bertz CT molecular complexity index is 1080. The van der Waals surface area contributed by atoms with E-state index in [1.807, 2.05) is 4.57 Å². The molecule has 7 nitrogen and oxygen atoms in total. The average Bonchev–Trinajstić information content (AvgIpc) is 3.50. The Balaban J connectivity index is 1.47. The van der Waals surface area contributed by atoms with E-state index < -0.39 is 17.6 Å². The second-order valence-corrected chi connectivity index (χ2v) is 8.41. The van der Waals surface area contributed by atoms with E-state index in [0.29, 0.717) is 29.9 Å². The smallest absolute Gasteiger partial charge is 0.416 e. The minimum absolute atomic E-state index is 0.00296. The van der Waals surface area contributed by atoms with Gasteiger partial charge in [0.2, 0.25) is 11.7 Å². The van der Waals surface area contributed by atoms with Crippen LogP contribution >= 0.6 is 23.4 Å². The first kappa shape index (κ1) is 22.7. The molecule has 1 aliphatic rings. The van der Waals surface area contributed by atoms with Gasteiger partial charge < -0.3 is 14.5 Å². The maximum atomic E-state index is 12.9. The number of benzene rings is 1. The van der Waals surface area contributed by atoms with Gasteiger partial charge in [-0.25, -0.2) is 0 Å². The molecule has 3 aromatic rings. The predicted octanol–water partition coefficient (Wildman–Crippen LogP) is 5.12. The number of aromatic nitrogens is 3. The van der Waals surface area contributed by atoms with Crippen LogP contribution in [0.4, 0.5) is 18.9 Å². The molecule has 0 spiro atoms. The first-order chi connectivity index (χ1) is 15.3. The van der Waals surface area contributed by atoms with Crippen molar-refractivity contribution in [3.05, 3.63) is 47.2 Å². The Morgan fingerprint density at radius 2 is 2.16 bits per heavy atom. The predicted molar refractivity (Wildman–Crippen MR) is 113 cm³/mol. The van der Waals surface area contributed by atoms with Crippen LogP contribution in [0, 0.1) is 0 Å². The van der Waals surface area contributed by atoms with Crippen molar-refractivity contribution in [1.29, 1.82) is 0 Å². The van der Waals surface area contributed by atoms with Gasteiger partial charge in [0.15, 0.2) is 10.9 Å². The highest BCUT2D eigenvalue weighted by atomic mass is 35.5. The van der Waals surface area contributed by atoms with E-state index in [1.165, 1.54) is 6.26 Å². The maximum Gasteiger partial charge on any atom is 0.416 e. The fraction of sp³-hybridized carbons (Fsp3) is 0.350. The van der Waals surface area contributed by atoms with E-state index in [1.54, 1.807) is 12.1 Å². The number of nitrogens with one attached hydrogen (secondary N) is 1. The normalized spacial score (nSPS) is 16.4. The van der Waals surface area contributed by atoms with Gasteiger partial charge in [0.1, 0.15) is 0 Å². The Morgan fingerprint density at radius 3 is 2.84 bits per heavy atom. The minimum Gasteiger partial charge on any atom is -0.461 e. The first-order valence-electron chi connectivity index (χ1n) is 9.69. The third-order valence-corrected chi connectivity index (χ3v) is 6.07. The van der Waals surface area contributed by atoms with Crippen LogP contribution in [0.3, 0.4) is 0 Å². The molecular formula is C20H18ClF3N4O3S. The van der Waals surface area contributed by atoms with Crippen molar-refractivity contribution in [1.82, 2.24) is 14.8 Å². The summed E-state index contributed by atoms with van der Waals surface area (Å²) < 4.78 is 51.8. The number of thioether (sulfide) groups is 1. The molecule has 0 radical (unpaired) electrons. The molecule has 12 heteroatoms. The maximum absolute atomic E-state index is 12.9. The number of rotatable bonds is 7. The topological polar surface area (TPSA) is 82.2 Å². The van der Waals surface area contributed by atoms with Crippen LogP contribution < -0.4 is 5.32 Å². The fourth-order valence-electron chi connectivity index (χ4n) is 3.25. The summed E-state index contributed by atoms with van der Waals surface area (Å²) in [6.45, 7) is 1.18. The Morgan fingerprint density at radius 1 is 1.31 bits per heavy atom. The number of hydrogen-bond donors (Lipinski definition) is 1. The van der Waals surface area contributed by atoms with Gasteiger partial charge in [-0.3, -0.25) is 9.36 Å². The van der Waals surface area contributed by atoms with Crippen LogP contribution in [0.15, 0.2) is 46.2 Å². The summed E-state index contributed by atoms with van der Waals surface area (Å²) in [5.74, 6) is 0.410. The van der Waals surface area contributed by atoms with Crippen molar-refractivity contribution in [3.63, 3.8) is 0 Å². The lowest BCUT2D eigenvalue weighted by molar-refractivity contribution is -0.137. The molecule has 32 heavy (non-hydrogen) atoms. The third-order valence-electron chi connectivity index (χ3n) is 4.77. The molecule has 0 saturated carbocycles. The van der Waals surface area contributed by atoms with Crippen molar-refractivity contribution >= 4 is 35.0 Å². The van der Waals surface area contributed by atoms with Crippen LogP contribution in [-0.4, -0.2) is 39.1 Å². The molecular weight excluding hydrogens is 469 g/mol. The van der Waals surface area contributed by atoms with E-state index in [0.717, 1.165) is 42.8 Å². The Hall–Kier alpha value is -2.50. The summed E-state index contributed by atoms with van der Waals surface area (Å²) in [4.78, 5) is 12.4. The molecule has 3 heterocycles. The van der Waals surface area contributed by atoms with E-state index in [-0.39, 0.29) is 22.6 Å². The molecule has 1 aromatic carbocycles. The zero-order valence-corrected chi connectivity index (χ0v) is 18.1. The van der Waals surface area contributed by atoms with Crippen molar-refractivity contribution in [2.45, 2.75) is 36.8 Å². The molecule has 1 N–H and O–H groups in total. The standard InChI is InChI=1S/C20H18ClF3N4O3S/c21-14-6-5-12(20(22,23)24)9-15(14)25-17(29)11-32-19-27-26-18(16-4-2-8-31-16)28(19)10-13-3-1-7-30-13/h2,4-6,8-9,13H,1,3,7,10-11H2,(H,25,29). The summed E-state index contributed by atoms with van der Waals surface area (Å²) in [6.07, 6.45) is -1.16. The molecule has 2 aromatic heterocycles. The quantitative estimate of drug-likeness (QED) is 0.467. The van der Waals surface area contributed by atoms with Gasteiger partial charge in [-0.05, 0) is 43.2 Å². The van der Waals surface area contributed by atoms with Crippen molar-refractivity contribution in [2.24, 2.45) is 0 Å². The van der Waals surface area contributed by atoms with Crippen molar-refractivity contribution in [2.75, 3.05) is 17.7 Å². The summed E-state index contributed by atoms with van der Waals surface area (Å²) in [5, 5.41) is 11.3. The summed E-state index contributed by atoms with van der Waals surface area (Å²) in [5.41, 5.74) is -1.01. The Labute approximate surface area is 190 Å². The van der Waals surface area contributed by atoms with Gasteiger partial charge >= 0.3 is 6.18 Å². The lowest BCUT2D eigenvalue weighted by Crippen LogP contribution is -2.18. The number of carbonyl (C=O) groups is 1. The number of carbonyl (C=O) groups excluding carboxylic acids is 1. The highest BCUT2D eigenvalue weighted by Crippen LogP contribution is 2.34. The van der Waals surface area contributed by atoms with Crippen molar-refractivity contribution in [3.8, 4) is 11.6 Å². The van der Waals surface area contributed by atoms with E-state index in [4.69, 9.17) is 20.8 Å². The monoisotopic (exact) mass is 486 g/mol. The second-order valence-electron chi connectivity index (χ2n) is 7.06. The number of halogens is 4. The van der Waals surface area contributed by atoms with E-state index in [9.17, 15) is 18.0 Å². The van der Waals surface area contributed by atoms with Crippen LogP contribution in [0.5, 0.6) is 0 Å².